The number of hydrogen-bond acceptors (Lipinski definition) is 4. The summed E-state index contributed by atoms with van der Waals surface area (Å²) in [6.45, 7) is 0.0696. The molecule has 1 aromatic heterocycles. The van der Waals surface area contributed by atoms with Crippen LogP contribution in [0, 0.1) is 11.3 Å². The van der Waals surface area contributed by atoms with Crippen LogP contribution in [0.25, 0.3) is 0 Å². The molecule has 0 amide bonds. The molecule has 0 saturated carbocycles. The maximum absolute atomic E-state index is 8.98. The van der Waals surface area contributed by atoms with Gasteiger partial charge in [-0.1, -0.05) is 18.2 Å². The van der Waals surface area contributed by atoms with E-state index in [2.05, 4.69) is 4.98 Å². The van der Waals surface area contributed by atoms with E-state index in [4.69, 9.17) is 15.1 Å². The zero-order chi connectivity index (χ0) is 12.8. The van der Waals surface area contributed by atoms with Crippen molar-refractivity contribution in [2.75, 3.05) is 6.61 Å². The Labute approximate surface area is 105 Å². The lowest BCUT2D eigenvalue weighted by Gasteiger charge is -2.10. The van der Waals surface area contributed by atoms with Gasteiger partial charge in [0.15, 0.2) is 0 Å². The molecule has 2 aromatic rings. The van der Waals surface area contributed by atoms with Crippen LogP contribution in [0.5, 0.6) is 11.5 Å². The predicted molar refractivity (Wildman–Crippen MR) is 66.3 cm³/mol. The van der Waals surface area contributed by atoms with Crippen molar-refractivity contribution in [1.82, 2.24) is 4.98 Å². The monoisotopic (exact) mass is 240 g/mol. The molecule has 0 aliphatic heterocycles. The summed E-state index contributed by atoms with van der Waals surface area (Å²) in [5, 5.41) is 17.7. The van der Waals surface area contributed by atoms with Gasteiger partial charge in [0.25, 0.3) is 0 Å². The van der Waals surface area contributed by atoms with Gasteiger partial charge in [-0.2, -0.15) is 5.26 Å². The Kier molecular flexibility index (Phi) is 3.90. The molecule has 18 heavy (non-hydrogen) atoms. The summed E-state index contributed by atoms with van der Waals surface area (Å²) in [4.78, 5) is 3.88. The number of ether oxygens (including phenoxy) is 1. The van der Waals surface area contributed by atoms with Gasteiger partial charge in [-0.15, -0.1) is 0 Å². The molecule has 2 rings (SSSR count). The largest absolute Gasteiger partial charge is 0.457 e. The molecule has 0 spiro atoms. The highest BCUT2D eigenvalue weighted by Gasteiger charge is 2.04. The van der Waals surface area contributed by atoms with E-state index in [1.165, 1.54) is 6.20 Å². The summed E-state index contributed by atoms with van der Waals surface area (Å²) in [7, 11) is 0. The van der Waals surface area contributed by atoms with Gasteiger partial charge in [0.2, 0.25) is 0 Å². The first-order valence-electron chi connectivity index (χ1n) is 5.56. The lowest BCUT2D eigenvalue weighted by Crippen LogP contribution is -1.95. The van der Waals surface area contributed by atoms with Crippen molar-refractivity contribution in [1.29, 1.82) is 5.26 Å². The quantitative estimate of drug-likeness (QED) is 0.890. The average Bonchev–Trinajstić information content (AvgIpc) is 2.41. The van der Waals surface area contributed by atoms with Gasteiger partial charge >= 0.3 is 0 Å². The van der Waals surface area contributed by atoms with E-state index in [1.54, 1.807) is 12.1 Å². The Morgan fingerprint density at radius 1 is 1.28 bits per heavy atom. The average molecular weight is 240 g/mol. The summed E-state index contributed by atoms with van der Waals surface area (Å²) >= 11 is 0. The van der Waals surface area contributed by atoms with Crippen molar-refractivity contribution < 1.29 is 9.84 Å². The van der Waals surface area contributed by atoms with Gasteiger partial charge < -0.3 is 9.84 Å². The summed E-state index contributed by atoms with van der Waals surface area (Å²) < 4.78 is 5.70. The van der Waals surface area contributed by atoms with Crippen molar-refractivity contribution >= 4 is 0 Å². The molecule has 0 fully saturated rings. The number of benzene rings is 1. The van der Waals surface area contributed by atoms with E-state index in [9.17, 15) is 0 Å². The first-order chi connectivity index (χ1) is 8.83. The molecule has 1 N–H and O–H groups in total. The third-order valence-electron chi connectivity index (χ3n) is 2.43. The Morgan fingerprint density at radius 3 is 2.89 bits per heavy atom. The molecule has 0 saturated heterocycles. The van der Waals surface area contributed by atoms with Crippen LogP contribution in [-0.2, 0) is 6.42 Å². The van der Waals surface area contributed by atoms with Gasteiger partial charge in [-0.3, -0.25) is 0 Å². The van der Waals surface area contributed by atoms with Crippen LogP contribution in [0.3, 0.4) is 0 Å². The number of aromatic nitrogens is 1. The second kappa shape index (κ2) is 5.80. The molecule has 90 valence electrons. The topological polar surface area (TPSA) is 66.1 Å². The first kappa shape index (κ1) is 12.1. The minimum atomic E-state index is 0.0696. The first-order valence-corrected chi connectivity index (χ1v) is 5.56. The minimum Gasteiger partial charge on any atom is -0.457 e. The molecule has 1 heterocycles. The van der Waals surface area contributed by atoms with Crippen molar-refractivity contribution in [3.8, 4) is 17.6 Å². The molecular formula is C14H12N2O2. The zero-order valence-corrected chi connectivity index (χ0v) is 9.71. The summed E-state index contributed by atoms with van der Waals surface area (Å²) in [5.74, 6) is 1.24. The fraction of sp³-hybridized carbons (Fsp3) is 0.143. The molecule has 0 radical (unpaired) electrons. The van der Waals surface area contributed by atoms with Crippen LogP contribution in [0.2, 0.25) is 0 Å². The van der Waals surface area contributed by atoms with Crippen LogP contribution < -0.4 is 4.74 Å². The molecule has 4 heteroatoms. The number of rotatable bonds is 4. The number of pyridine rings is 1. The second-order valence-electron chi connectivity index (χ2n) is 3.67. The summed E-state index contributed by atoms with van der Waals surface area (Å²) in [5.41, 5.74) is 1.24. The molecule has 0 aliphatic carbocycles. The fourth-order valence-corrected chi connectivity index (χ4v) is 1.59. The molecule has 0 aliphatic rings. The van der Waals surface area contributed by atoms with E-state index < -0.39 is 0 Å². The molecule has 1 aromatic carbocycles. The van der Waals surface area contributed by atoms with Crippen LogP contribution in [0.1, 0.15) is 11.3 Å². The SMILES string of the molecule is N#Cc1cc(Oc2ccccc2CCO)ccn1. The van der Waals surface area contributed by atoms with Crippen molar-refractivity contribution in [3.63, 3.8) is 0 Å². The summed E-state index contributed by atoms with van der Waals surface area (Å²) in [6.07, 6.45) is 2.06. The molecule has 4 nitrogen and oxygen atoms in total. The van der Waals surface area contributed by atoms with Crippen LogP contribution >= 0.6 is 0 Å². The van der Waals surface area contributed by atoms with Crippen LogP contribution in [-0.4, -0.2) is 16.7 Å². The highest BCUT2D eigenvalue weighted by Crippen LogP contribution is 2.25. The fourth-order valence-electron chi connectivity index (χ4n) is 1.59. The number of para-hydroxylation sites is 1. The van der Waals surface area contributed by atoms with E-state index in [-0.39, 0.29) is 6.61 Å². The van der Waals surface area contributed by atoms with Gasteiger partial charge in [0, 0.05) is 18.9 Å². The van der Waals surface area contributed by atoms with E-state index in [0.29, 0.717) is 23.6 Å². The second-order valence-corrected chi connectivity index (χ2v) is 3.67. The lowest BCUT2D eigenvalue weighted by molar-refractivity contribution is 0.298. The third-order valence-corrected chi connectivity index (χ3v) is 2.43. The van der Waals surface area contributed by atoms with Crippen molar-refractivity contribution in [2.45, 2.75) is 6.42 Å². The lowest BCUT2D eigenvalue weighted by atomic mass is 10.1. The Morgan fingerprint density at radius 2 is 2.11 bits per heavy atom. The molecule has 0 unspecified atom stereocenters. The van der Waals surface area contributed by atoms with E-state index in [1.807, 2.05) is 30.3 Å². The van der Waals surface area contributed by atoms with Crippen molar-refractivity contribution in [3.05, 3.63) is 53.9 Å². The van der Waals surface area contributed by atoms with Gasteiger partial charge in [-0.25, -0.2) is 4.98 Å². The molecule has 0 atom stereocenters. The Bertz CT molecular complexity index is 576. The zero-order valence-electron chi connectivity index (χ0n) is 9.71. The third kappa shape index (κ3) is 2.84. The highest BCUT2D eigenvalue weighted by atomic mass is 16.5. The van der Waals surface area contributed by atoms with Gasteiger partial charge in [0.05, 0.1) is 0 Å². The standard InChI is InChI=1S/C14H12N2O2/c15-10-12-9-13(5-7-16-12)18-14-4-2-1-3-11(14)6-8-17/h1-5,7,9,17H,6,8H2. The van der Waals surface area contributed by atoms with E-state index >= 15 is 0 Å². The van der Waals surface area contributed by atoms with Crippen molar-refractivity contribution in [2.24, 2.45) is 0 Å². The smallest absolute Gasteiger partial charge is 0.144 e. The predicted octanol–water partition coefficient (Wildman–Crippen LogP) is 2.28. The number of aliphatic hydroxyl groups excluding tert-OH is 1. The summed E-state index contributed by atoms with van der Waals surface area (Å²) in [6, 6.07) is 12.7. The number of nitriles is 1. The van der Waals surface area contributed by atoms with Crippen LogP contribution in [0.4, 0.5) is 0 Å². The van der Waals surface area contributed by atoms with Gasteiger partial charge in [0.1, 0.15) is 23.3 Å². The van der Waals surface area contributed by atoms with Crippen LogP contribution in [0.15, 0.2) is 42.6 Å². The number of hydrogen-bond donors (Lipinski definition) is 1. The Hall–Kier alpha value is -2.38. The number of aliphatic hydroxyl groups is 1. The van der Waals surface area contributed by atoms with Gasteiger partial charge in [-0.05, 0) is 24.1 Å². The Balaban J connectivity index is 2.25. The maximum Gasteiger partial charge on any atom is 0.144 e. The molecular weight excluding hydrogens is 228 g/mol. The normalized spacial score (nSPS) is 9.78. The number of nitrogens with zero attached hydrogens (tertiary/aromatic N) is 2. The molecule has 0 bridgehead atoms. The van der Waals surface area contributed by atoms with E-state index in [0.717, 1.165) is 5.56 Å². The highest BCUT2D eigenvalue weighted by molar-refractivity contribution is 5.39. The minimum absolute atomic E-state index is 0.0696. The maximum atomic E-state index is 8.98.